The van der Waals surface area contributed by atoms with Crippen LogP contribution in [0.3, 0.4) is 0 Å². The largest absolute Gasteiger partial charge is 0.507 e. The molecule has 0 aliphatic heterocycles. The molecule has 1 aromatic heterocycles. The molecule has 0 unspecified atom stereocenters. The van der Waals surface area contributed by atoms with Crippen molar-refractivity contribution >= 4 is 60.2 Å². The Morgan fingerprint density at radius 2 is 2.07 bits per heavy atom. The number of aromatic hydroxyl groups is 1. The van der Waals surface area contributed by atoms with Gasteiger partial charge in [0.1, 0.15) is 11.3 Å². The van der Waals surface area contributed by atoms with E-state index in [1.807, 2.05) is 0 Å². The molecule has 2 aromatic carbocycles. The molecular weight excluding hydrogens is 442 g/mol. The van der Waals surface area contributed by atoms with E-state index in [-0.39, 0.29) is 22.1 Å². The average Bonchev–Trinajstić information content (AvgIpc) is 3.02. The molecule has 1 heterocycles. The Hall–Kier alpha value is -3.05. The molecule has 0 bridgehead atoms. The maximum absolute atomic E-state index is 12.0. The van der Waals surface area contributed by atoms with Crippen LogP contribution >= 0.6 is 27.3 Å². The zero-order valence-corrected chi connectivity index (χ0v) is 15.7. The molecule has 0 aliphatic rings. The Kier molecular flexibility index (Phi) is 5.33. The molecule has 0 saturated carbocycles. The number of anilines is 1. The van der Waals surface area contributed by atoms with Crippen molar-refractivity contribution in [3.8, 4) is 5.75 Å². The van der Waals surface area contributed by atoms with Crippen LogP contribution in [-0.2, 0) is 9.53 Å². The number of ether oxygens (including phenoxy) is 1. The van der Waals surface area contributed by atoms with Crippen molar-refractivity contribution in [2.45, 2.75) is 0 Å². The minimum absolute atomic E-state index is 0.0770. The average molecular weight is 452 g/mol. The highest BCUT2D eigenvalue weighted by Gasteiger charge is 2.16. The lowest BCUT2D eigenvalue weighted by Crippen LogP contribution is -2.20. The fourth-order valence-electron chi connectivity index (χ4n) is 2.12. The van der Waals surface area contributed by atoms with Crippen LogP contribution in [0.5, 0.6) is 5.75 Å². The van der Waals surface area contributed by atoms with Gasteiger partial charge in [0.25, 0.3) is 11.6 Å². The van der Waals surface area contributed by atoms with Gasteiger partial charge in [-0.05, 0) is 24.3 Å². The third-order valence-corrected chi connectivity index (χ3v) is 4.77. The predicted molar refractivity (Wildman–Crippen MR) is 101 cm³/mol. The smallest absolute Gasteiger partial charge is 0.342 e. The molecule has 2 N–H and O–H groups in total. The fraction of sp³-hybridized carbons (Fsp3) is 0.0625. The maximum Gasteiger partial charge on any atom is 0.342 e. The van der Waals surface area contributed by atoms with Crippen LogP contribution in [0.2, 0.25) is 0 Å². The number of phenolic OH excluding ortho intramolecular Hbond substituents is 1. The first-order valence-electron chi connectivity index (χ1n) is 7.34. The number of nitro benzene ring substituents is 1. The summed E-state index contributed by atoms with van der Waals surface area (Å²) in [7, 11) is 0. The number of thiazole rings is 1. The van der Waals surface area contributed by atoms with E-state index < -0.39 is 23.4 Å². The van der Waals surface area contributed by atoms with Crippen molar-refractivity contribution in [2.24, 2.45) is 0 Å². The third-order valence-electron chi connectivity index (χ3n) is 3.34. The SMILES string of the molecule is O=C(COC(=O)c1cc(Br)ccc1O)Nc1nc2ccc([N+](=O)[O-])cc2s1. The Balaban J connectivity index is 1.64. The molecule has 0 radical (unpaired) electrons. The monoisotopic (exact) mass is 451 g/mol. The normalized spacial score (nSPS) is 10.6. The van der Waals surface area contributed by atoms with E-state index in [4.69, 9.17) is 4.74 Å². The van der Waals surface area contributed by atoms with E-state index in [0.29, 0.717) is 14.7 Å². The molecule has 0 atom stereocenters. The molecule has 138 valence electrons. The number of phenols is 1. The molecule has 27 heavy (non-hydrogen) atoms. The van der Waals surface area contributed by atoms with Crippen LogP contribution in [0, 0.1) is 10.1 Å². The lowest BCUT2D eigenvalue weighted by molar-refractivity contribution is -0.384. The lowest BCUT2D eigenvalue weighted by atomic mass is 10.2. The molecule has 11 heteroatoms. The topological polar surface area (TPSA) is 132 Å². The second kappa shape index (κ2) is 7.68. The van der Waals surface area contributed by atoms with Gasteiger partial charge in [-0.1, -0.05) is 27.3 Å². The quantitative estimate of drug-likeness (QED) is 0.344. The molecule has 3 aromatic rings. The molecule has 3 rings (SSSR count). The van der Waals surface area contributed by atoms with Crippen molar-refractivity contribution in [3.05, 3.63) is 56.5 Å². The number of amides is 1. The second-order valence-electron chi connectivity index (χ2n) is 5.21. The van der Waals surface area contributed by atoms with E-state index in [1.54, 1.807) is 6.07 Å². The molecule has 1 amide bonds. The van der Waals surface area contributed by atoms with Gasteiger partial charge < -0.3 is 9.84 Å². The van der Waals surface area contributed by atoms with Crippen LogP contribution in [0.15, 0.2) is 40.9 Å². The third kappa shape index (κ3) is 4.38. The van der Waals surface area contributed by atoms with Gasteiger partial charge in [0.2, 0.25) is 0 Å². The predicted octanol–water partition coefficient (Wildman–Crippen LogP) is 3.47. The number of hydrogen-bond donors (Lipinski definition) is 2. The van der Waals surface area contributed by atoms with E-state index in [1.165, 1.54) is 30.3 Å². The van der Waals surface area contributed by atoms with E-state index in [9.17, 15) is 24.8 Å². The van der Waals surface area contributed by atoms with Crippen LogP contribution in [-0.4, -0.2) is 33.5 Å². The number of esters is 1. The number of benzene rings is 2. The zero-order valence-electron chi connectivity index (χ0n) is 13.3. The molecule has 9 nitrogen and oxygen atoms in total. The summed E-state index contributed by atoms with van der Waals surface area (Å²) < 4.78 is 5.99. The van der Waals surface area contributed by atoms with Crippen LogP contribution in [0.25, 0.3) is 10.2 Å². The summed E-state index contributed by atoms with van der Waals surface area (Å²) in [5, 5.41) is 23.1. The highest BCUT2D eigenvalue weighted by atomic mass is 79.9. The maximum atomic E-state index is 12.0. The highest BCUT2D eigenvalue weighted by Crippen LogP contribution is 2.29. The fourth-order valence-corrected chi connectivity index (χ4v) is 3.39. The highest BCUT2D eigenvalue weighted by molar-refractivity contribution is 9.10. The second-order valence-corrected chi connectivity index (χ2v) is 7.16. The Morgan fingerprint density at radius 1 is 1.30 bits per heavy atom. The Morgan fingerprint density at radius 3 is 2.81 bits per heavy atom. The number of nitrogens with zero attached hydrogens (tertiary/aromatic N) is 2. The van der Waals surface area contributed by atoms with Gasteiger partial charge in [0.15, 0.2) is 11.7 Å². The summed E-state index contributed by atoms with van der Waals surface area (Å²) in [5.74, 6) is -1.76. The number of carbonyl (C=O) groups is 2. The molecule has 0 spiro atoms. The van der Waals surface area contributed by atoms with Gasteiger partial charge in [-0.15, -0.1) is 0 Å². The molecule has 0 fully saturated rings. The van der Waals surface area contributed by atoms with Crippen LogP contribution in [0.1, 0.15) is 10.4 Å². The number of rotatable bonds is 5. The first-order valence-corrected chi connectivity index (χ1v) is 8.95. The summed E-state index contributed by atoms with van der Waals surface area (Å²) in [6.07, 6.45) is 0. The zero-order chi connectivity index (χ0) is 19.6. The van der Waals surface area contributed by atoms with E-state index in [0.717, 1.165) is 11.3 Å². The number of nitrogens with one attached hydrogen (secondary N) is 1. The molecular formula is C16H10BrN3O6S. The van der Waals surface area contributed by atoms with Gasteiger partial charge in [0.05, 0.1) is 15.1 Å². The summed E-state index contributed by atoms with van der Waals surface area (Å²) in [6.45, 7) is -0.582. The number of halogens is 1. The first-order chi connectivity index (χ1) is 12.8. The summed E-state index contributed by atoms with van der Waals surface area (Å²) in [4.78, 5) is 38.3. The van der Waals surface area contributed by atoms with Gasteiger partial charge in [0, 0.05) is 16.6 Å². The molecule has 0 saturated heterocycles. The summed E-state index contributed by atoms with van der Waals surface area (Å²) in [5.41, 5.74) is 0.341. The van der Waals surface area contributed by atoms with Gasteiger partial charge >= 0.3 is 5.97 Å². The Bertz CT molecular complexity index is 1070. The number of fused-ring (bicyclic) bond motifs is 1. The number of carbonyl (C=O) groups excluding carboxylic acids is 2. The lowest BCUT2D eigenvalue weighted by Gasteiger charge is -2.06. The van der Waals surface area contributed by atoms with Gasteiger partial charge in [-0.3, -0.25) is 20.2 Å². The number of nitro groups is 1. The number of non-ortho nitro benzene ring substituents is 1. The van der Waals surface area contributed by atoms with Gasteiger partial charge in [-0.2, -0.15) is 0 Å². The summed E-state index contributed by atoms with van der Waals surface area (Å²) >= 11 is 4.23. The minimum atomic E-state index is -0.858. The van der Waals surface area contributed by atoms with E-state index in [2.05, 4.69) is 26.2 Å². The minimum Gasteiger partial charge on any atom is -0.507 e. The Labute approximate surface area is 163 Å². The number of hydrogen-bond acceptors (Lipinski definition) is 8. The van der Waals surface area contributed by atoms with E-state index >= 15 is 0 Å². The van der Waals surface area contributed by atoms with Crippen LogP contribution < -0.4 is 5.32 Å². The van der Waals surface area contributed by atoms with Crippen molar-refractivity contribution in [1.29, 1.82) is 0 Å². The van der Waals surface area contributed by atoms with Crippen molar-refractivity contribution in [2.75, 3.05) is 11.9 Å². The number of aromatic nitrogens is 1. The van der Waals surface area contributed by atoms with Crippen molar-refractivity contribution in [3.63, 3.8) is 0 Å². The summed E-state index contributed by atoms with van der Waals surface area (Å²) in [6, 6.07) is 8.40. The van der Waals surface area contributed by atoms with Gasteiger partial charge in [-0.25, -0.2) is 9.78 Å². The first kappa shape index (κ1) is 18.7. The standard InChI is InChI=1S/C16H10BrN3O6S/c17-8-1-4-12(21)10(5-8)15(23)26-7-14(22)19-16-18-11-3-2-9(20(24)25)6-13(11)27-16/h1-6,21H,7H2,(H,18,19,22). The van der Waals surface area contributed by atoms with Crippen molar-refractivity contribution in [1.82, 2.24) is 4.98 Å². The van der Waals surface area contributed by atoms with Crippen molar-refractivity contribution < 1.29 is 24.4 Å². The molecule has 0 aliphatic carbocycles. The van der Waals surface area contributed by atoms with Crippen LogP contribution in [0.4, 0.5) is 10.8 Å².